The van der Waals surface area contributed by atoms with Crippen molar-refractivity contribution >= 4 is 45.5 Å². The Hall–Kier alpha value is -2.10. The lowest BCUT2D eigenvalue weighted by atomic mass is 9.70. The van der Waals surface area contributed by atoms with Crippen LogP contribution in [0, 0.1) is 17.3 Å². The van der Waals surface area contributed by atoms with Crippen LogP contribution in [-0.4, -0.2) is 78.9 Å². The third-order valence-electron chi connectivity index (χ3n) is 8.54. The van der Waals surface area contributed by atoms with Gasteiger partial charge in [0.2, 0.25) is 11.8 Å². The van der Waals surface area contributed by atoms with Crippen LogP contribution in [0.25, 0.3) is 0 Å². The summed E-state index contributed by atoms with van der Waals surface area (Å²) < 4.78 is 4.65. The van der Waals surface area contributed by atoms with Gasteiger partial charge in [-0.2, -0.15) is 0 Å². The number of halogens is 1. The maximum absolute atomic E-state index is 15.0. The lowest BCUT2D eigenvalue weighted by Crippen LogP contribution is -2.60. The van der Waals surface area contributed by atoms with Crippen LogP contribution in [0.2, 0.25) is 0 Å². The third-order valence-corrected chi connectivity index (χ3v) is 11.8. The van der Waals surface area contributed by atoms with Gasteiger partial charge in [-0.25, -0.2) is 0 Å². The fourth-order valence-electron chi connectivity index (χ4n) is 7.52. The molecule has 224 valence electrons. The fourth-order valence-corrected chi connectivity index (χ4v) is 11.1. The van der Waals surface area contributed by atoms with E-state index in [1.165, 1.54) is 6.08 Å². The Balaban J connectivity index is 1.88. The molecule has 0 saturated carbocycles. The number of amides is 2. The van der Waals surface area contributed by atoms with Gasteiger partial charge in [-0.15, -0.1) is 18.3 Å². The van der Waals surface area contributed by atoms with Gasteiger partial charge in [0.05, 0.1) is 29.2 Å². The van der Waals surface area contributed by atoms with Crippen molar-refractivity contribution in [1.82, 2.24) is 9.80 Å². The molecule has 3 unspecified atom stereocenters. The minimum absolute atomic E-state index is 0.0526. The lowest BCUT2D eigenvalue weighted by Gasteiger charge is -2.46. The highest BCUT2D eigenvalue weighted by atomic mass is 79.9. The van der Waals surface area contributed by atoms with Crippen LogP contribution in [0.4, 0.5) is 0 Å². The van der Waals surface area contributed by atoms with Gasteiger partial charge in [0.1, 0.15) is 12.6 Å². The predicted molar refractivity (Wildman–Crippen MR) is 167 cm³/mol. The SMILES string of the molecule is C=CCOC(=O)[C@H]1[C@H]2C(=O)N([C@H](CO)c3ccccc3)C(C(=O)N(CC=C)C(C)(C)CC(C)(C)C)C23CC(Br)[C@@H]1S3. The van der Waals surface area contributed by atoms with Gasteiger partial charge in [-0.05, 0) is 37.7 Å². The zero-order valence-corrected chi connectivity index (χ0v) is 27.1. The number of esters is 1. The maximum Gasteiger partial charge on any atom is 0.311 e. The van der Waals surface area contributed by atoms with E-state index in [-0.39, 0.29) is 40.5 Å². The first-order chi connectivity index (χ1) is 19.2. The Morgan fingerprint density at radius 3 is 2.44 bits per heavy atom. The average molecular weight is 648 g/mol. The number of thioether (sulfide) groups is 1. The molecule has 3 aliphatic heterocycles. The number of benzene rings is 1. The van der Waals surface area contributed by atoms with Crippen molar-refractivity contribution in [3.05, 3.63) is 61.2 Å². The number of alkyl halides is 1. The molecule has 0 aliphatic carbocycles. The zero-order valence-electron chi connectivity index (χ0n) is 24.7. The minimum Gasteiger partial charge on any atom is -0.461 e. The highest BCUT2D eigenvalue weighted by molar-refractivity contribution is 9.09. The van der Waals surface area contributed by atoms with Crippen molar-refractivity contribution in [2.75, 3.05) is 19.8 Å². The number of fused-ring (bicyclic) bond motifs is 1. The molecule has 4 rings (SSSR count). The highest BCUT2D eigenvalue weighted by Crippen LogP contribution is 2.68. The molecule has 1 N–H and O–H groups in total. The quantitative estimate of drug-likeness (QED) is 0.203. The summed E-state index contributed by atoms with van der Waals surface area (Å²) in [7, 11) is 0. The van der Waals surface area contributed by atoms with Crippen molar-refractivity contribution < 1.29 is 24.2 Å². The van der Waals surface area contributed by atoms with Crippen LogP contribution < -0.4 is 0 Å². The van der Waals surface area contributed by atoms with E-state index in [1.54, 1.807) is 22.7 Å². The van der Waals surface area contributed by atoms with E-state index in [1.807, 2.05) is 35.2 Å². The van der Waals surface area contributed by atoms with Crippen molar-refractivity contribution in [1.29, 1.82) is 0 Å². The predicted octanol–water partition coefficient (Wildman–Crippen LogP) is 5.14. The van der Waals surface area contributed by atoms with Crippen LogP contribution in [-0.2, 0) is 19.1 Å². The molecule has 1 aromatic carbocycles. The summed E-state index contributed by atoms with van der Waals surface area (Å²) >= 11 is 5.36. The number of aliphatic hydroxyl groups is 1. The van der Waals surface area contributed by atoms with E-state index in [0.717, 1.165) is 12.0 Å². The van der Waals surface area contributed by atoms with E-state index in [4.69, 9.17) is 4.74 Å². The maximum atomic E-state index is 15.0. The largest absolute Gasteiger partial charge is 0.461 e. The van der Waals surface area contributed by atoms with Gasteiger partial charge in [0, 0.05) is 22.2 Å². The van der Waals surface area contributed by atoms with E-state index < -0.39 is 40.2 Å². The normalized spacial score (nSPS) is 29.7. The summed E-state index contributed by atoms with van der Waals surface area (Å²) in [5.74, 6) is -2.37. The molecule has 3 aliphatic rings. The van der Waals surface area contributed by atoms with E-state index in [0.29, 0.717) is 13.0 Å². The number of carbonyl (C=O) groups is 3. The molecular weight excluding hydrogens is 604 g/mol. The number of hydrogen-bond donors (Lipinski definition) is 1. The number of aliphatic hydroxyl groups excluding tert-OH is 1. The van der Waals surface area contributed by atoms with Gasteiger partial charge in [0.25, 0.3) is 0 Å². The van der Waals surface area contributed by atoms with Crippen molar-refractivity contribution in [2.24, 2.45) is 17.3 Å². The van der Waals surface area contributed by atoms with Crippen LogP contribution in [0.1, 0.15) is 59.1 Å². The molecule has 3 heterocycles. The summed E-state index contributed by atoms with van der Waals surface area (Å²) in [4.78, 5) is 46.4. The number of likely N-dealkylation sites (tertiary alicyclic amines) is 1. The van der Waals surface area contributed by atoms with Crippen LogP contribution in [0.5, 0.6) is 0 Å². The molecule has 2 amide bonds. The van der Waals surface area contributed by atoms with Gasteiger partial charge < -0.3 is 19.6 Å². The number of rotatable bonds is 11. The molecule has 1 aromatic rings. The minimum atomic E-state index is -0.885. The van der Waals surface area contributed by atoms with Crippen molar-refractivity contribution in [3.63, 3.8) is 0 Å². The monoisotopic (exact) mass is 646 g/mol. The fraction of sp³-hybridized carbons (Fsp3) is 0.594. The average Bonchev–Trinajstić information content (AvgIpc) is 3.49. The molecule has 7 atom stereocenters. The van der Waals surface area contributed by atoms with Crippen LogP contribution >= 0.6 is 27.7 Å². The summed E-state index contributed by atoms with van der Waals surface area (Å²) in [5.41, 5.74) is 0.127. The molecular formula is C32H43BrN2O5S. The number of ether oxygens (including phenoxy) is 1. The van der Waals surface area contributed by atoms with Gasteiger partial charge >= 0.3 is 5.97 Å². The molecule has 41 heavy (non-hydrogen) atoms. The second-order valence-corrected chi connectivity index (χ2v) is 15.9. The van der Waals surface area contributed by atoms with E-state index in [9.17, 15) is 14.7 Å². The summed E-state index contributed by atoms with van der Waals surface area (Å²) in [5, 5.41) is 10.5. The number of hydrogen-bond acceptors (Lipinski definition) is 6. The van der Waals surface area contributed by atoms with Crippen molar-refractivity contribution in [2.45, 2.75) is 79.9 Å². The third kappa shape index (κ3) is 5.66. The Bertz CT molecular complexity index is 1180. The molecule has 1 spiro atoms. The summed E-state index contributed by atoms with van der Waals surface area (Å²) in [6.07, 6.45) is 4.51. The second-order valence-electron chi connectivity index (χ2n) is 13.2. The lowest BCUT2D eigenvalue weighted by molar-refractivity contribution is -0.153. The molecule has 2 bridgehead atoms. The molecule has 9 heteroatoms. The number of nitrogens with zero attached hydrogens (tertiary/aromatic N) is 2. The number of carbonyl (C=O) groups excluding carboxylic acids is 3. The standard InChI is InChI=1S/C32H43BrN2O5S/c1-8-15-34(31(6,7)19-30(3,4)5)28(38)26-32-17-21(33)25(41-32)23(29(39)40-16-9-2)24(32)27(37)35(26)22(18-36)20-13-11-10-12-14-20/h8-14,21-26,36H,1-2,15-19H2,3-7H3/t21?,22-,23+,24+,25+,26?,32?/m1/s1. The first-order valence-corrected chi connectivity index (χ1v) is 16.0. The Morgan fingerprint density at radius 1 is 1.22 bits per heavy atom. The molecule has 0 aromatic heterocycles. The molecule has 3 fully saturated rings. The zero-order chi connectivity index (χ0) is 30.3. The topological polar surface area (TPSA) is 87.1 Å². The highest BCUT2D eigenvalue weighted by Gasteiger charge is 2.77. The van der Waals surface area contributed by atoms with Gasteiger partial charge in [-0.1, -0.05) is 85.8 Å². The Morgan fingerprint density at radius 2 is 1.88 bits per heavy atom. The summed E-state index contributed by atoms with van der Waals surface area (Å²) in [6.45, 7) is 18.1. The molecule has 0 radical (unpaired) electrons. The summed E-state index contributed by atoms with van der Waals surface area (Å²) in [6, 6.07) is 7.68. The molecule has 3 saturated heterocycles. The molecule has 7 nitrogen and oxygen atoms in total. The Labute approximate surface area is 256 Å². The van der Waals surface area contributed by atoms with E-state index >= 15 is 4.79 Å². The van der Waals surface area contributed by atoms with Gasteiger partial charge in [0.15, 0.2) is 0 Å². The van der Waals surface area contributed by atoms with Crippen molar-refractivity contribution in [3.8, 4) is 0 Å². The first-order valence-electron chi connectivity index (χ1n) is 14.2. The van der Waals surface area contributed by atoms with Crippen LogP contribution in [0.3, 0.4) is 0 Å². The van der Waals surface area contributed by atoms with Gasteiger partial charge in [-0.3, -0.25) is 14.4 Å². The Kier molecular flexibility index (Phi) is 9.22. The smallest absolute Gasteiger partial charge is 0.311 e. The first kappa shape index (κ1) is 31.8. The van der Waals surface area contributed by atoms with E-state index in [2.05, 4.69) is 63.7 Å². The van der Waals surface area contributed by atoms with Crippen LogP contribution in [0.15, 0.2) is 55.6 Å². The second kappa shape index (κ2) is 11.9.